The summed E-state index contributed by atoms with van der Waals surface area (Å²) in [6.45, 7) is 0.400. The maximum atomic E-state index is 14.1. The van der Waals surface area contributed by atoms with Crippen molar-refractivity contribution in [2.24, 2.45) is 5.92 Å². The van der Waals surface area contributed by atoms with E-state index in [1.165, 1.54) is 35.4 Å². The normalized spacial score (nSPS) is 21.8. The van der Waals surface area contributed by atoms with E-state index in [2.05, 4.69) is 20.2 Å². The van der Waals surface area contributed by atoms with Crippen LogP contribution in [0.5, 0.6) is 0 Å². The Morgan fingerprint density at radius 2 is 1.94 bits per heavy atom. The molecule has 4 aromatic rings. The number of likely N-dealkylation sites (tertiary alicyclic amines) is 1. The zero-order valence-electron chi connectivity index (χ0n) is 17.3. The molecule has 0 spiro atoms. The number of halogens is 5. The molecule has 1 N–H and O–H groups in total. The van der Waals surface area contributed by atoms with Gasteiger partial charge in [0.2, 0.25) is 0 Å². The van der Waals surface area contributed by atoms with E-state index in [9.17, 15) is 22.4 Å². The van der Waals surface area contributed by atoms with Crippen LogP contribution in [0.1, 0.15) is 34.6 Å². The van der Waals surface area contributed by atoms with E-state index in [1.54, 1.807) is 4.90 Å². The molecule has 7 nitrogen and oxygen atoms in total. The number of hydrogen-bond acceptors (Lipinski definition) is 4. The quantitative estimate of drug-likeness (QED) is 0.422. The van der Waals surface area contributed by atoms with Crippen LogP contribution in [-0.2, 0) is 11.7 Å². The lowest BCUT2D eigenvalue weighted by Crippen LogP contribution is -2.39. The van der Waals surface area contributed by atoms with Crippen LogP contribution in [0.2, 0.25) is 5.02 Å². The van der Waals surface area contributed by atoms with E-state index in [0.29, 0.717) is 30.9 Å². The second kappa shape index (κ2) is 7.02. The first kappa shape index (κ1) is 21.1. The summed E-state index contributed by atoms with van der Waals surface area (Å²) in [5, 5.41) is 7.64. The fraction of sp³-hybridized carbons (Fsp3) is 0.273. The molecule has 2 aliphatic rings. The number of nitrogens with one attached hydrogen (secondary N) is 1. The average molecular weight is 491 g/mol. The molecule has 12 heteroatoms. The summed E-state index contributed by atoms with van der Waals surface area (Å²) < 4.78 is 54.0. The summed E-state index contributed by atoms with van der Waals surface area (Å²) in [6, 6.07) is 5.88. The smallest absolute Gasteiger partial charge is 0.340 e. The lowest BCUT2D eigenvalue weighted by Gasteiger charge is -2.27. The van der Waals surface area contributed by atoms with Crippen molar-refractivity contribution in [2.75, 3.05) is 6.54 Å². The molecule has 6 rings (SSSR count). The van der Waals surface area contributed by atoms with E-state index in [0.717, 1.165) is 12.1 Å². The van der Waals surface area contributed by atoms with Gasteiger partial charge < -0.3 is 9.88 Å². The number of H-pyrrole nitrogens is 1. The number of imidazole rings is 1. The molecule has 2 aromatic carbocycles. The molecule has 2 atom stereocenters. The van der Waals surface area contributed by atoms with E-state index in [1.807, 2.05) is 0 Å². The summed E-state index contributed by atoms with van der Waals surface area (Å²) in [5.41, 5.74) is -0.902. The van der Waals surface area contributed by atoms with Crippen LogP contribution < -0.4 is 0 Å². The average Bonchev–Trinajstić information content (AvgIpc) is 3.19. The van der Waals surface area contributed by atoms with Gasteiger partial charge in [-0.15, -0.1) is 0 Å². The van der Waals surface area contributed by atoms with Gasteiger partial charge in [0.15, 0.2) is 0 Å². The van der Waals surface area contributed by atoms with Gasteiger partial charge in [-0.05, 0) is 49.1 Å². The molecule has 1 aliphatic carbocycles. The highest BCUT2D eigenvalue weighted by atomic mass is 35.5. The molecule has 1 saturated heterocycles. The third-order valence-corrected chi connectivity index (χ3v) is 6.92. The lowest BCUT2D eigenvalue weighted by molar-refractivity contribution is -0.137. The van der Waals surface area contributed by atoms with Gasteiger partial charge in [-0.1, -0.05) is 11.6 Å². The molecule has 0 radical (unpaired) electrons. The summed E-state index contributed by atoms with van der Waals surface area (Å²) >= 11 is 5.85. The Hall–Kier alpha value is -3.47. The minimum Gasteiger partial charge on any atom is -0.340 e. The second-order valence-corrected chi connectivity index (χ2v) is 8.89. The number of rotatable bonds is 3. The summed E-state index contributed by atoms with van der Waals surface area (Å²) in [7, 11) is 0. The van der Waals surface area contributed by atoms with Gasteiger partial charge >= 0.3 is 6.18 Å². The number of carbonyl (C=O) groups is 1. The number of alkyl halides is 3. The van der Waals surface area contributed by atoms with Gasteiger partial charge in [-0.2, -0.15) is 28.2 Å². The molecule has 1 aliphatic heterocycles. The molecule has 174 valence electrons. The number of aromatic amines is 1. The van der Waals surface area contributed by atoms with Gasteiger partial charge in [0.1, 0.15) is 17.2 Å². The van der Waals surface area contributed by atoms with E-state index >= 15 is 0 Å². The standard InChI is InChI=1S/C22H15ClF4N6O/c23-15-9-17-16(8-14(15)22(25,26)27)30-20(31-17)21-10-11(21)3-6-32(21)19(34)13-7-12(24)1-2-18(13)33-28-4-5-29-33/h1-2,4-5,7-9,11H,3,6,10H2,(H,30,31)/t11-,21+/m1/s1. The summed E-state index contributed by atoms with van der Waals surface area (Å²) in [5.74, 6) is -0.530. The number of nitrogens with zero attached hydrogens (tertiary/aromatic N) is 5. The maximum absolute atomic E-state index is 14.1. The van der Waals surface area contributed by atoms with Crippen molar-refractivity contribution in [3.05, 3.63) is 70.5 Å². The highest BCUT2D eigenvalue weighted by molar-refractivity contribution is 6.32. The van der Waals surface area contributed by atoms with Crippen molar-refractivity contribution < 1.29 is 22.4 Å². The van der Waals surface area contributed by atoms with Crippen LogP contribution in [0.4, 0.5) is 17.6 Å². The first-order chi connectivity index (χ1) is 16.2. The molecular weight excluding hydrogens is 476 g/mol. The molecular formula is C22H15ClF4N6O. The number of hydrogen-bond donors (Lipinski definition) is 1. The summed E-state index contributed by atoms with van der Waals surface area (Å²) in [4.78, 5) is 24.0. The fourth-order valence-corrected chi connectivity index (χ4v) is 5.23. The van der Waals surface area contributed by atoms with Crippen molar-refractivity contribution >= 4 is 28.5 Å². The van der Waals surface area contributed by atoms with Crippen LogP contribution in [0, 0.1) is 11.7 Å². The Bertz CT molecular complexity index is 1450. The minimum absolute atomic E-state index is 0.0849. The molecule has 0 bridgehead atoms. The Labute approximate surface area is 194 Å². The van der Waals surface area contributed by atoms with Crippen LogP contribution in [0.25, 0.3) is 16.7 Å². The van der Waals surface area contributed by atoms with Gasteiger partial charge in [-0.3, -0.25) is 4.79 Å². The van der Waals surface area contributed by atoms with Crippen LogP contribution in [0.3, 0.4) is 0 Å². The minimum atomic E-state index is -4.61. The van der Waals surface area contributed by atoms with E-state index in [-0.39, 0.29) is 22.5 Å². The second-order valence-electron chi connectivity index (χ2n) is 8.48. The largest absolute Gasteiger partial charge is 0.417 e. The Morgan fingerprint density at radius 1 is 1.18 bits per heavy atom. The zero-order chi connectivity index (χ0) is 23.8. The number of piperidine rings is 1. The Kier molecular flexibility index (Phi) is 4.35. The Balaban J connectivity index is 1.42. The molecule has 2 fully saturated rings. The van der Waals surface area contributed by atoms with E-state index < -0.39 is 34.0 Å². The number of carbonyl (C=O) groups excluding carboxylic acids is 1. The first-order valence-corrected chi connectivity index (χ1v) is 10.8. The third kappa shape index (κ3) is 3.03. The number of benzene rings is 2. The van der Waals surface area contributed by atoms with Crippen molar-refractivity contribution in [2.45, 2.75) is 24.6 Å². The monoisotopic (exact) mass is 490 g/mol. The molecule has 34 heavy (non-hydrogen) atoms. The van der Waals surface area contributed by atoms with Gasteiger partial charge in [0.05, 0.1) is 45.3 Å². The van der Waals surface area contributed by atoms with E-state index in [4.69, 9.17) is 11.6 Å². The highest BCUT2D eigenvalue weighted by Crippen LogP contribution is 2.62. The number of fused-ring (bicyclic) bond motifs is 2. The molecule has 2 aromatic heterocycles. The molecule has 0 unspecified atom stereocenters. The Morgan fingerprint density at radius 3 is 2.65 bits per heavy atom. The predicted octanol–water partition coefficient (Wildman–Crippen LogP) is 4.72. The first-order valence-electron chi connectivity index (χ1n) is 10.4. The van der Waals surface area contributed by atoms with Crippen molar-refractivity contribution in [1.29, 1.82) is 0 Å². The number of amides is 1. The highest BCUT2D eigenvalue weighted by Gasteiger charge is 2.66. The SMILES string of the molecule is O=C(c1cc(F)ccc1-n1nccn1)N1CC[C@@H]2C[C@@]21c1nc2cc(Cl)c(C(F)(F)F)cc2[nH]1. The topological polar surface area (TPSA) is 79.7 Å². The van der Waals surface area contributed by atoms with Gasteiger partial charge in [-0.25, -0.2) is 9.37 Å². The van der Waals surface area contributed by atoms with Crippen LogP contribution >= 0.6 is 11.6 Å². The fourth-order valence-electron chi connectivity index (χ4n) is 4.97. The third-order valence-electron chi connectivity index (χ3n) is 6.61. The van der Waals surface area contributed by atoms with Crippen molar-refractivity contribution in [1.82, 2.24) is 29.9 Å². The van der Waals surface area contributed by atoms with Gasteiger partial charge in [0, 0.05) is 6.54 Å². The molecule has 1 saturated carbocycles. The lowest BCUT2D eigenvalue weighted by atomic mass is 10.1. The molecule has 3 heterocycles. The van der Waals surface area contributed by atoms with Crippen LogP contribution in [0.15, 0.2) is 42.7 Å². The van der Waals surface area contributed by atoms with Crippen molar-refractivity contribution in [3.63, 3.8) is 0 Å². The summed E-state index contributed by atoms with van der Waals surface area (Å²) in [6.07, 6.45) is -0.424. The zero-order valence-corrected chi connectivity index (χ0v) is 18.0. The molecule has 1 amide bonds. The predicted molar refractivity (Wildman–Crippen MR) is 113 cm³/mol. The maximum Gasteiger partial charge on any atom is 0.417 e. The van der Waals surface area contributed by atoms with Crippen molar-refractivity contribution in [3.8, 4) is 5.69 Å². The van der Waals surface area contributed by atoms with Gasteiger partial charge in [0.25, 0.3) is 5.91 Å². The number of aromatic nitrogens is 5. The van der Waals surface area contributed by atoms with Crippen LogP contribution in [-0.4, -0.2) is 42.3 Å².